The first-order valence-electron chi connectivity index (χ1n) is 8.34. The van der Waals surface area contributed by atoms with Gasteiger partial charge >= 0.3 is 16.4 Å². The van der Waals surface area contributed by atoms with E-state index in [4.69, 9.17) is 23.9 Å². The standard InChI is InChI=1S/C14H21NO14S/c1-4(17)15-8-11(10(29-30(23,24)25)7(3-16)26-13(8)22)28-14-9(19)5(18)2-6(27-14)12(20)21/h2,5,7-11,13-14,16,18-19,22H,3H2,1H3,(H,15,17)(H,20,21)(H,23,24,25). The van der Waals surface area contributed by atoms with Crippen molar-refractivity contribution in [3.05, 3.63) is 11.8 Å². The number of carbonyl (C=O) groups excluding carboxylic acids is 1. The third-order valence-electron chi connectivity index (χ3n) is 4.14. The van der Waals surface area contributed by atoms with Crippen molar-refractivity contribution in [3.63, 3.8) is 0 Å². The summed E-state index contributed by atoms with van der Waals surface area (Å²) in [4.78, 5) is 22.6. The van der Waals surface area contributed by atoms with Crippen molar-refractivity contribution in [3.8, 4) is 0 Å². The molecule has 2 aliphatic heterocycles. The number of carbonyl (C=O) groups is 2. The second kappa shape index (κ2) is 9.50. The summed E-state index contributed by atoms with van der Waals surface area (Å²) in [6, 6.07) is -1.59. The minimum absolute atomic E-state index is 0.680. The number of aliphatic hydroxyl groups is 4. The third-order valence-corrected chi connectivity index (χ3v) is 4.61. The highest BCUT2D eigenvalue weighted by Crippen LogP contribution is 2.30. The Morgan fingerprint density at radius 2 is 1.87 bits per heavy atom. The Morgan fingerprint density at radius 3 is 2.37 bits per heavy atom. The largest absolute Gasteiger partial charge is 0.475 e. The molecule has 172 valence electrons. The third kappa shape index (κ3) is 5.84. The molecule has 1 amide bonds. The molecule has 1 fully saturated rings. The quantitative estimate of drug-likeness (QED) is 0.179. The van der Waals surface area contributed by atoms with Gasteiger partial charge < -0.3 is 45.1 Å². The van der Waals surface area contributed by atoms with E-state index in [2.05, 4.69) is 9.50 Å². The topological polar surface area (TPSA) is 239 Å². The van der Waals surface area contributed by atoms with E-state index in [0.29, 0.717) is 6.08 Å². The van der Waals surface area contributed by atoms with Gasteiger partial charge in [-0.15, -0.1) is 0 Å². The van der Waals surface area contributed by atoms with Gasteiger partial charge in [0.25, 0.3) is 0 Å². The van der Waals surface area contributed by atoms with Gasteiger partial charge in [-0.3, -0.25) is 9.35 Å². The van der Waals surface area contributed by atoms with Crippen LogP contribution in [0.2, 0.25) is 0 Å². The highest BCUT2D eigenvalue weighted by atomic mass is 32.3. The SMILES string of the molecule is CC(=O)NC1C(O)OC(CO)C(OS(=O)(=O)O)C1OC1OC(C(=O)O)=CC(O)C1O. The number of rotatable bonds is 7. The highest BCUT2D eigenvalue weighted by molar-refractivity contribution is 7.80. The second-order valence-electron chi connectivity index (χ2n) is 6.37. The molecule has 0 bridgehead atoms. The van der Waals surface area contributed by atoms with Crippen LogP contribution in [0, 0.1) is 0 Å². The lowest BCUT2D eigenvalue weighted by molar-refractivity contribution is -0.298. The first-order valence-corrected chi connectivity index (χ1v) is 9.71. The molecule has 0 saturated carbocycles. The van der Waals surface area contributed by atoms with E-state index in [1.165, 1.54) is 0 Å². The number of hydrogen-bond acceptors (Lipinski definition) is 12. The summed E-state index contributed by atoms with van der Waals surface area (Å²) < 4.78 is 51.3. The Kier molecular flexibility index (Phi) is 7.72. The molecule has 15 nitrogen and oxygen atoms in total. The van der Waals surface area contributed by atoms with Crippen molar-refractivity contribution >= 4 is 22.3 Å². The van der Waals surface area contributed by atoms with Crippen LogP contribution in [0.5, 0.6) is 0 Å². The molecule has 8 atom stereocenters. The molecule has 0 aromatic rings. The normalized spacial score (nSPS) is 37.1. The number of ether oxygens (including phenoxy) is 3. The van der Waals surface area contributed by atoms with E-state index >= 15 is 0 Å². The van der Waals surface area contributed by atoms with Crippen LogP contribution in [0.1, 0.15) is 6.92 Å². The van der Waals surface area contributed by atoms with Crippen molar-refractivity contribution in [1.29, 1.82) is 0 Å². The lowest BCUT2D eigenvalue weighted by Gasteiger charge is -2.45. The van der Waals surface area contributed by atoms with Crippen molar-refractivity contribution in [2.45, 2.75) is 56.1 Å². The first kappa shape index (κ1) is 24.4. The molecule has 0 aliphatic carbocycles. The number of nitrogens with one attached hydrogen (secondary N) is 1. The Bertz CT molecular complexity index is 784. The maximum Gasteiger partial charge on any atom is 0.397 e. The fourth-order valence-corrected chi connectivity index (χ4v) is 3.42. The number of aliphatic hydroxyl groups excluding tert-OH is 4. The summed E-state index contributed by atoms with van der Waals surface area (Å²) in [5.41, 5.74) is 0. The molecule has 2 rings (SSSR count). The summed E-state index contributed by atoms with van der Waals surface area (Å²) in [6.07, 6.45) is -12.1. The van der Waals surface area contributed by atoms with Gasteiger partial charge in [-0.2, -0.15) is 8.42 Å². The first-order chi connectivity index (χ1) is 13.8. The predicted octanol–water partition coefficient (Wildman–Crippen LogP) is -4.18. The molecule has 1 saturated heterocycles. The summed E-state index contributed by atoms with van der Waals surface area (Å²) in [5.74, 6) is -3.19. The van der Waals surface area contributed by atoms with E-state index < -0.39 is 83.8 Å². The van der Waals surface area contributed by atoms with E-state index in [-0.39, 0.29) is 0 Å². The number of aliphatic carboxylic acids is 1. The second-order valence-corrected chi connectivity index (χ2v) is 7.41. The average molecular weight is 459 g/mol. The zero-order chi connectivity index (χ0) is 22.8. The van der Waals surface area contributed by atoms with Crippen LogP contribution in [-0.2, 0) is 38.4 Å². The molecule has 16 heteroatoms. The zero-order valence-corrected chi connectivity index (χ0v) is 16.1. The highest BCUT2D eigenvalue weighted by Gasteiger charge is 2.51. The summed E-state index contributed by atoms with van der Waals surface area (Å²) >= 11 is 0. The Hall–Kier alpha value is -1.89. The van der Waals surface area contributed by atoms with E-state index in [9.17, 15) is 38.4 Å². The van der Waals surface area contributed by atoms with Crippen LogP contribution >= 0.6 is 0 Å². The van der Waals surface area contributed by atoms with Gasteiger partial charge in [0.2, 0.25) is 18.0 Å². The molecular formula is C14H21NO14S. The van der Waals surface area contributed by atoms with Gasteiger partial charge in [-0.05, 0) is 6.08 Å². The molecule has 0 aromatic carbocycles. The maximum absolute atomic E-state index is 11.5. The lowest BCUT2D eigenvalue weighted by Crippen LogP contribution is -2.67. The Labute approximate surface area is 169 Å². The zero-order valence-electron chi connectivity index (χ0n) is 15.3. The van der Waals surface area contributed by atoms with E-state index in [0.717, 1.165) is 6.92 Å². The molecule has 0 spiro atoms. The predicted molar refractivity (Wildman–Crippen MR) is 89.5 cm³/mol. The van der Waals surface area contributed by atoms with Gasteiger partial charge in [0.15, 0.2) is 6.29 Å². The fraction of sp³-hybridized carbons (Fsp3) is 0.714. The molecule has 7 N–H and O–H groups in total. The summed E-state index contributed by atoms with van der Waals surface area (Å²) in [5, 5.41) is 50.7. The number of carboxylic acid groups (broad SMARTS) is 1. The van der Waals surface area contributed by atoms with Gasteiger partial charge in [0, 0.05) is 6.92 Å². The van der Waals surface area contributed by atoms with Crippen LogP contribution in [0.3, 0.4) is 0 Å². The Morgan fingerprint density at radius 1 is 1.23 bits per heavy atom. The van der Waals surface area contributed by atoms with Crippen LogP contribution in [-0.4, -0.2) is 106 Å². The molecule has 0 aromatic heterocycles. The number of carboxylic acids is 1. The van der Waals surface area contributed by atoms with Crippen molar-refractivity contribution in [1.82, 2.24) is 5.32 Å². The molecule has 2 heterocycles. The number of hydrogen-bond donors (Lipinski definition) is 7. The van der Waals surface area contributed by atoms with Crippen molar-refractivity contribution in [2.75, 3.05) is 6.61 Å². The maximum atomic E-state index is 11.5. The van der Waals surface area contributed by atoms with Gasteiger partial charge in [0.05, 0.1) is 6.61 Å². The lowest BCUT2D eigenvalue weighted by atomic mass is 9.96. The molecule has 2 aliphatic rings. The van der Waals surface area contributed by atoms with E-state index in [1.54, 1.807) is 0 Å². The van der Waals surface area contributed by atoms with Gasteiger partial charge in [0.1, 0.15) is 36.6 Å². The van der Waals surface area contributed by atoms with Gasteiger partial charge in [-0.1, -0.05) is 0 Å². The average Bonchev–Trinajstić information content (AvgIpc) is 2.61. The minimum atomic E-state index is -5.18. The van der Waals surface area contributed by atoms with Crippen LogP contribution in [0.4, 0.5) is 0 Å². The molecule has 30 heavy (non-hydrogen) atoms. The Balaban J connectivity index is 2.41. The minimum Gasteiger partial charge on any atom is -0.475 e. The molecule has 8 unspecified atom stereocenters. The van der Waals surface area contributed by atoms with Crippen LogP contribution < -0.4 is 5.32 Å². The van der Waals surface area contributed by atoms with Crippen LogP contribution in [0.25, 0.3) is 0 Å². The van der Waals surface area contributed by atoms with Crippen molar-refractivity contribution in [2.24, 2.45) is 0 Å². The number of amides is 1. The van der Waals surface area contributed by atoms with Crippen molar-refractivity contribution < 1.29 is 66.5 Å². The summed E-state index contributed by atoms with van der Waals surface area (Å²) in [7, 11) is -5.18. The van der Waals surface area contributed by atoms with Crippen LogP contribution in [0.15, 0.2) is 11.8 Å². The monoisotopic (exact) mass is 459 g/mol. The molecule has 0 radical (unpaired) electrons. The fourth-order valence-electron chi connectivity index (χ4n) is 2.91. The van der Waals surface area contributed by atoms with Gasteiger partial charge in [-0.25, -0.2) is 8.98 Å². The smallest absolute Gasteiger partial charge is 0.397 e. The van der Waals surface area contributed by atoms with E-state index in [1.807, 2.05) is 0 Å². The molecular weight excluding hydrogens is 438 g/mol. The summed E-state index contributed by atoms with van der Waals surface area (Å²) in [6.45, 7) is 0.0857.